The Morgan fingerprint density at radius 1 is 1.05 bits per heavy atom. The van der Waals surface area contributed by atoms with E-state index in [-0.39, 0.29) is 18.2 Å². The van der Waals surface area contributed by atoms with Crippen LogP contribution in [-0.4, -0.2) is 5.84 Å². The highest BCUT2D eigenvalue weighted by Gasteiger charge is 2.33. The molecule has 2 rings (SSSR count). The number of rotatable bonds is 4. The van der Waals surface area contributed by atoms with Crippen LogP contribution in [0.1, 0.15) is 16.7 Å². The Labute approximate surface area is 119 Å². The number of ether oxygens (including phenoxy) is 1. The monoisotopic (exact) mass is 294 g/mol. The molecule has 0 bridgehead atoms. The summed E-state index contributed by atoms with van der Waals surface area (Å²) >= 11 is 0. The Morgan fingerprint density at radius 2 is 1.67 bits per heavy atom. The number of benzene rings is 2. The van der Waals surface area contributed by atoms with Crippen LogP contribution >= 0.6 is 0 Å². The number of nitrogens with one attached hydrogen (secondary N) is 1. The first-order valence-corrected chi connectivity index (χ1v) is 6.10. The molecule has 0 unspecified atom stereocenters. The van der Waals surface area contributed by atoms with Crippen LogP contribution < -0.4 is 10.5 Å². The van der Waals surface area contributed by atoms with Gasteiger partial charge in [-0.1, -0.05) is 36.4 Å². The summed E-state index contributed by atoms with van der Waals surface area (Å²) in [6, 6.07) is 11.6. The Bertz CT molecular complexity index is 636. The molecule has 21 heavy (non-hydrogen) atoms. The second-order valence-corrected chi connectivity index (χ2v) is 4.39. The van der Waals surface area contributed by atoms with Gasteiger partial charge in [-0.15, -0.1) is 0 Å². The Balaban J connectivity index is 2.12. The first-order valence-electron chi connectivity index (χ1n) is 6.10. The predicted molar refractivity (Wildman–Crippen MR) is 73.2 cm³/mol. The van der Waals surface area contributed by atoms with Gasteiger partial charge in [-0.05, 0) is 17.7 Å². The summed E-state index contributed by atoms with van der Waals surface area (Å²) in [5, 5.41) is 7.26. The van der Waals surface area contributed by atoms with E-state index in [0.29, 0.717) is 11.1 Å². The van der Waals surface area contributed by atoms with E-state index in [1.165, 1.54) is 18.2 Å². The highest BCUT2D eigenvalue weighted by atomic mass is 19.4. The lowest BCUT2D eigenvalue weighted by Crippen LogP contribution is -2.11. The van der Waals surface area contributed by atoms with Gasteiger partial charge in [0.05, 0.1) is 5.56 Å². The zero-order valence-corrected chi connectivity index (χ0v) is 10.9. The van der Waals surface area contributed by atoms with Crippen LogP contribution in [0, 0.1) is 5.41 Å². The van der Waals surface area contributed by atoms with Gasteiger partial charge >= 0.3 is 6.18 Å². The molecule has 0 spiro atoms. The van der Waals surface area contributed by atoms with E-state index < -0.39 is 11.7 Å². The van der Waals surface area contributed by atoms with E-state index in [2.05, 4.69) is 0 Å². The maximum atomic E-state index is 12.8. The average molecular weight is 294 g/mol. The van der Waals surface area contributed by atoms with E-state index >= 15 is 0 Å². The first-order chi connectivity index (χ1) is 9.88. The van der Waals surface area contributed by atoms with Crippen molar-refractivity contribution in [2.24, 2.45) is 5.73 Å². The van der Waals surface area contributed by atoms with Crippen LogP contribution in [0.5, 0.6) is 5.75 Å². The van der Waals surface area contributed by atoms with Gasteiger partial charge in [-0.3, -0.25) is 5.41 Å². The van der Waals surface area contributed by atoms with Crippen molar-refractivity contribution in [3.05, 3.63) is 65.2 Å². The number of hydrogen-bond donors (Lipinski definition) is 2. The van der Waals surface area contributed by atoms with Crippen molar-refractivity contribution in [2.75, 3.05) is 0 Å². The molecule has 0 aromatic heterocycles. The van der Waals surface area contributed by atoms with Crippen molar-refractivity contribution in [3.63, 3.8) is 0 Å². The minimum absolute atomic E-state index is 0.00524. The Hall–Kier alpha value is -2.50. The number of para-hydroxylation sites is 1. The predicted octanol–water partition coefficient (Wildman–Crippen LogP) is 3.57. The number of halogens is 3. The highest BCUT2D eigenvalue weighted by molar-refractivity contribution is 5.94. The largest absolute Gasteiger partial charge is 0.488 e. The van der Waals surface area contributed by atoms with Gasteiger partial charge in [0, 0.05) is 5.56 Å². The maximum absolute atomic E-state index is 12.8. The van der Waals surface area contributed by atoms with Gasteiger partial charge in [0.2, 0.25) is 0 Å². The average Bonchev–Trinajstić information content (AvgIpc) is 2.45. The number of amidine groups is 1. The lowest BCUT2D eigenvalue weighted by atomic mass is 10.1. The molecule has 0 fully saturated rings. The third-order valence-electron chi connectivity index (χ3n) is 2.85. The van der Waals surface area contributed by atoms with Crippen LogP contribution in [0.2, 0.25) is 0 Å². The summed E-state index contributed by atoms with van der Waals surface area (Å²) in [6.45, 7) is 0.00524. The lowest BCUT2D eigenvalue weighted by molar-refractivity contribution is -0.139. The molecule has 0 aliphatic rings. The molecule has 0 heterocycles. The molecule has 0 amide bonds. The zero-order chi connectivity index (χ0) is 15.5. The normalized spacial score (nSPS) is 11.2. The van der Waals surface area contributed by atoms with Crippen molar-refractivity contribution in [1.29, 1.82) is 5.41 Å². The Morgan fingerprint density at radius 3 is 2.24 bits per heavy atom. The molecule has 3 N–H and O–H groups in total. The van der Waals surface area contributed by atoms with Crippen LogP contribution in [0.4, 0.5) is 13.2 Å². The molecular formula is C15H13F3N2O. The molecule has 2 aromatic carbocycles. The quantitative estimate of drug-likeness (QED) is 0.669. The SMILES string of the molecule is N=C(N)c1ccc(COc2ccccc2C(F)(F)F)cc1. The van der Waals surface area contributed by atoms with E-state index in [9.17, 15) is 13.2 Å². The van der Waals surface area contributed by atoms with Crippen molar-refractivity contribution in [3.8, 4) is 5.75 Å². The molecule has 2 aromatic rings. The summed E-state index contributed by atoms with van der Waals surface area (Å²) in [6.07, 6.45) is -4.45. The first kappa shape index (κ1) is 14.9. The summed E-state index contributed by atoms with van der Waals surface area (Å²) in [7, 11) is 0. The van der Waals surface area contributed by atoms with E-state index in [1.807, 2.05) is 0 Å². The second kappa shape index (κ2) is 5.87. The number of hydrogen-bond acceptors (Lipinski definition) is 2. The molecule has 0 aliphatic heterocycles. The van der Waals surface area contributed by atoms with Crippen LogP contribution in [-0.2, 0) is 12.8 Å². The summed E-state index contributed by atoms with van der Waals surface area (Å²) < 4.78 is 43.6. The van der Waals surface area contributed by atoms with Gasteiger partial charge < -0.3 is 10.5 Å². The minimum Gasteiger partial charge on any atom is -0.488 e. The number of nitrogen functional groups attached to an aromatic ring is 1. The summed E-state index contributed by atoms with van der Waals surface area (Å²) in [4.78, 5) is 0. The van der Waals surface area contributed by atoms with E-state index in [4.69, 9.17) is 15.9 Å². The molecule has 6 heteroatoms. The molecule has 0 aliphatic carbocycles. The topological polar surface area (TPSA) is 59.1 Å². The molecule has 0 atom stereocenters. The van der Waals surface area contributed by atoms with Gasteiger partial charge in [-0.25, -0.2) is 0 Å². The fourth-order valence-electron chi connectivity index (χ4n) is 1.77. The van der Waals surface area contributed by atoms with Crippen LogP contribution in [0.15, 0.2) is 48.5 Å². The van der Waals surface area contributed by atoms with Crippen molar-refractivity contribution >= 4 is 5.84 Å². The maximum Gasteiger partial charge on any atom is 0.419 e. The van der Waals surface area contributed by atoms with Gasteiger partial charge in [-0.2, -0.15) is 13.2 Å². The smallest absolute Gasteiger partial charge is 0.419 e. The molecule has 0 radical (unpaired) electrons. The molecule has 3 nitrogen and oxygen atoms in total. The minimum atomic E-state index is -4.45. The molecule has 110 valence electrons. The third kappa shape index (κ3) is 3.75. The fraction of sp³-hybridized carbons (Fsp3) is 0.133. The zero-order valence-electron chi connectivity index (χ0n) is 10.9. The fourth-order valence-corrected chi connectivity index (χ4v) is 1.77. The number of nitrogens with two attached hydrogens (primary N) is 1. The van der Waals surface area contributed by atoms with Gasteiger partial charge in [0.1, 0.15) is 18.2 Å². The standard InChI is InChI=1S/C15H13F3N2O/c16-15(17,18)12-3-1-2-4-13(12)21-9-10-5-7-11(8-6-10)14(19)20/h1-8H,9H2,(H3,19,20). The van der Waals surface area contributed by atoms with E-state index in [1.54, 1.807) is 24.3 Å². The van der Waals surface area contributed by atoms with Crippen molar-refractivity contribution in [1.82, 2.24) is 0 Å². The second-order valence-electron chi connectivity index (χ2n) is 4.39. The van der Waals surface area contributed by atoms with Gasteiger partial charge in [0.25, 0.3) is 0 Å². The lowest BCUT2D eigenvalue weighted by Gasteiger charge is -2.13. The Kier molecular flexibility index (Phi) is 4.16. The number of alkyl halides is 3. The highest BCUT2D eigenvalue weighted by Crippen LogP contribution is 2.36. The van der Waals surface area contributed by atoms with E-state index in [0.717, 1.165) is 6.07 Å². The van der Waals surface area contributed by atoms with Crippen molar-refractivity contribution < 1.29 is 17.9 Å². The summed E-state index contributed by atoms with van der Waals surface area (Å²) in [5.41, 5.74) is 5.77. The van der Waals surface area contributed by atoms with Crippen LogP contribution in [0.25, 0.3) is 0 Å². The van der Waals surface area contributed by atoms with Crippen molar-refractivity contribution in [2.45, 2.75) is 12.8 Å². The van der Waals surface area contributed by atoms with Crippen LogP contribution in [0.3, 0.4) is 0 Å². The molecule has 0 saturated heterocycles. The molecular weight excluding hydrogens is 281 g/mol. The summed E-state index contributed by atoms with van der Waals surface area (Å²) in [5.74, 6) is -0.273. The van der Waals surface area contributed by atoms with Gasteiger partial charge in [0.15, 0.2) is 0 Å². The molecule has 0 saturated carbocycles. The third-order valence-corrected chi connectivity index (χ3v) is 2.85.